The molecule has 0 aliphatic heterocycles. The minimum atomic E-state index is -1.62. The highest BCUT2D eigenvalue weighted by atomic mass is 16.4. The van der Waals surface area contributed by atoms with Crippen molar-refractivity contribution in [3.05, 3.63) is 31.6 Å². The number of aromatic carboxylic acids is 1. The van der Waals surface area contributed by atoms with E-state index in [0.29, 0.717) is 0 Å². The number of aromatic nitrogens is 1. The van der Waals surface area contributed by atoms with E-state index in [0.717, 1.165) is 0 Å². The second-order valence-electron chi connectivity index (χ2n) is 1.85. The molecule has 62 valence electrons. The molecule has 1 aromatic heterocycles. The molecule has 0 amide bonds. The van der Waals surface area contributed by atoms with Gasteiger partial charge in [-0.25, -0.2) is 4.79 Å². The monoisotopic (exact) mass is 170 g/mol. The van der Waals surface area contributed by atoms with Crippen molar-refractivity contribution < 1.29 is 15.1 Å². The fourth-order valence-electron chi connectivity index (χ4n) is 0.648. The molecule has 12 heavy (non-hydrogen) atoms. The first-order valence-electron chi connectivity index (χ1n) is 2.71. The van der Waals surface area contributed by atoms with Crippen molar-refractivity contribution in [1.29, 1.82) is 0 Å². The quantitative estimate of drug-likeness (QED) is 0.360. The molecule has 0 unspecified atom stereocenters. The molecule has 0 radical (unpaired) electrons. The summed E-state index contributed by atoms with van der Waals surface area (Å²) in [5, 5.41) is 17.8. The van der Waals surface area contributed by atoms with Gasteiger partial charge in [-0.2, -0.15) is 4.98 Å². The van der Waals surface area contributed by atoms with E-state index in [2.05, 4.69) is 10.1 Å². The van der Waals surface area contributed by atoms with Crippen LogP contribution in [0.3, 0.4) is 0 Å². The largest absolute Gasteiger partial charge is 0.476 e. The Bertz CT molecular complexity index is 467. The van der Waals surface area contributed by atoms with Gasteiger partial charge in [0.25, 0.3) is 0 Å². The van der Waals surface area contributed by atoms with E-state index in [9.17, 15) is 14.4 Å². The summed E-state index contributed by atoms with van der Waals surface area (Å²) in [7, 11) is 0. The van der Waals surface area contributed by atoms with Gasteiger partial charge in [0.2, 0.25) is 16.5 Å². The third-order valence-corrected chi connectivity index (χ3v) is 1.15. The molecule has 2 N–H and O–H groups in total. The lowest BCUT2D eigenvalue weighted by Gasteiger charge is -1.77. The predicted octanol–water partition coefficient (Wildman–Crippen LogP) is -2.33. The molecule has 0 aromatic carbocycles. The Morgan fingerprint density at radius 2 is 2.00 bits per heavy atom. The molecule has 0 saturated heterocycles. The average Bonchev–Trinajstić information content (AvgIpc) is 2.27. The molecule has 1 heterocycles. The first kappa shape index (κ1) is 8.05. The first-order valence-corrected chi connectivity index (χ1v) is 2.71. The minimum Gasteiger partial charge on any atom is -0.476 e. The Kier molecular flexibility index (Phi) is 1.70. The van der Waals surface area contributed by atoms with Gasteiger partial charge >= 0.3 is 11.5 Å². The highest BCUT2D eigenvalue weighted by molar-refractivity contribution is 5.85. The maximum atomic E-state index is 10.8. The van der Waals surface area contributed by atoms with Crippen molar-refractivity contribution in [1.82, 2.24) is 4.98 Å². The number of hydrogen-bond donors (Lipinski definition) is 2. The lowest BCUT2D eigenvalue weighted by atomic mass is 10.4. The maximum absolute atomic E-state index is 10.8. The van der Waals surface area contributed by atoms with E-state index in [1.807, 2.05) is 0 Å². The lowest BCUT2D eigenvalue weighted by molar-refractivity contribution is 0.0689. The van der Waals surface area contributed by atoms with Gasteiger partial charge in [0.1, 0.15) is 0 Å². The Hall–Kier alpha value is -2.05. The van der Waals surface area contributed by atoms with Gasteiger partial charge in [-0.05, 0) is 0 Å². The average molecular weight is 170 g/mol. The number of carboxylic acids is 1. The lowest BCUT2D eigenvalue weighted by Crippen LogP contribution is -2.33. The molecular formula is C5H2N2O5. The van der Waals surface area contributed by atoms with E-state index in [-0.39, 0.29) is 0 Å². The summed E-state index contributed by atoms with van der Waals surface area (Å²) in [5.41, 5.74) is -3.23. The molecule has 0 spiro atoms. The van der Waals surface area contributed by atoms with Crippen LogP contribution in [0.1, 0.15) is 10.5 Å². The summed E-state index contributed by atoms with van der Waals surface area (Å²) in [5.74, 6) is -1.62. The van der Waals surface area contributed by atoms with Crippen LogP contribution in [0.15, 0.2) is 14.7 Å². The molecular weight excluding hydrogens is 168 g/mol. The molecule has 0 aliphatic rings. The summed E-state index contributed by atoms with van der Waals surface area (Å²) in [6.45, 7) is 0. The van der Waals surface area contributed by atoms with Crippen molar-refractivity contribution >= 4 is 5.97 Å². The fourth-order valence-corrected chi connectivity index (χ4v) is 0.648. The van der Waals surface area contributed by atoms with E-state index >= 15 is 0 Å². The molecule has 7 nitrogen and oxygen atoms in total. The molecule has 7 heteroatoms. The molecule has 0 atom stereocenters. The topological polar surface area (TPSA) is 117 Å². The second-order valence-corrected chi connectivity index (χ2v) is 1.85. The zero-order valence-electron chi connectivity index (χ0n) is 5.51. The Labute approximate surface area is 63.9 Å². The van der Waals surface area contributed by atoms with E-state index in [1.165, 1.54) is 0 Å². The van der Waals surface area contributed by atoms with Gasteiger partial charge < -0.3 is 10.3 Å². The van der Waals surface area contributed by atoms with Crippen LogP contribution in [0.5, 0.6) is 0 Å². The van der Waals surface area contributed by atoms with Crippen molar-refractivity contribution in [2.45, 2.75) is 0 Å². The van der Waals surface area contributed by atoms with Crippen LogP contribution in [-0.2, 0) is 0 Å². The van der Waals surface area contributed by atoms with Gasteiger partial charge in [-0.1, -0.05) is 5.16 Å². The van der Waals surface area contributed by atoms with Crippen LogP contribution in [0, 0.1) is 0 Å². The van der Waals surface area contributed by atoms with Gasteiger partial charge in [-0.3, -0.25) is 9.59 Å². The van der Waals surface area contributed by atoms with Gasteiger partial charge in [-0.15, -0.1) is 0 Å². The molecule has 0 fully saturated rings. The number of carboxylic acid groups (broad SMARTS) is 1. The summed E-state index contributed by atoms with van der Waals surface area (Å²) in [6, 6.07) is 0. The Morgan fingerprint density at radius 1 is 1.42 bits per heavy atom. The van der Waals surface area contributed by atoms with Crippen molar-refractivity contribution in [2.24, 2.45) is 5.16 Å². The third-order valence-electron chi connectivity index (χ3n) is 1.15. The van der Waals surface area contributed by atoms with Crippen LogP contribution in [0.2, 0.25) is 0 Å². The van der Waals surface area contributed by atoms with E-state index in [1.54, 1.807) is 0 Å². The van der Waals surface area contributed by atoms with Crippen molar-refractivity contribution in [3.8, 4) is 0 Å². The van der Waals surface area contributed by atoms with Gasteiger partial charge in [0, 0.05) is 0 Å². The minimum absolute atomic E-state index is 0.868. The molecule has 0 bridgehead atoms. The zero-order valence-corrected chi connectivity index (χ0v) is 5.51. The van der Waals surface area contributed by atoms with Crippen LogP contribution < -0.4 is 16.3 Å². The summed E-state index contributed by atoms with van der Waals surface area (Å²) < 4.78 is 0. The number of nitrogens with zero attached hydrogens (tertiary/aromatic N) is 2. The number of hydrogen-bond acceptors (Lipinski definition) is 6. The Balaban J connectivity index is 3.72. The predicted molar refractivity (Wildman–Crippen MR) is 33.5 cm³/mol. The summed E-state index contributed by atoms with van der Waals surface area (Å²) in [4.78, 5) is 34.4. The SMILES string of the molecule is O=C(O)c1nc(=O)/c(=N/O)c1=O. The van der Waals surface area contributed by atoms with E-state index in [4.69, 9.17) is 10.3 Å². The van der Waals surface area contributed by atoms with Crippen LogP contribution >= 0.6 is 0 Å². The van der Waals surface area contributed by atoms with Crippen LogP contribution in [0.25, 0.3) is 0 Å². The fraction of sp³-hybridized carbons (Fsp3) is 0. The standard InChI is InChI=1S/C5H2N2O5/c8-3-1(7-12)4(9)6-2(3)5(10)11/h12H,(H,10,11)/b7-1+. The number of carbonyl (C=O) groups is 1. The Morgan fingerprint density at radius 3 is 2.25 bits per heavy atom. The maximum Gasteiger partial charge on any atom is 0.358 e. The van der Waals surface area contributed by atoms with Crippen LogP contribution in [0.4, 0.5) is 0 Å². The van der Waals surface area contributed by atoms with Crippen molar-refractivity contribution in [2.75, 3.05) is 0 Å². The van der Waals surface area contributed by atoms with E-state index < -0.39 is 28.0 Å². The highest BCUT2D eigenvalue weighted by Crippen LogP contribution is 1.75. The van der Waals surface area contributed by atoms with Gasteiger partial charge in [0.05, 0.1) is 0 Å². The number of rotatable bonds is 1. The summed E-state index contributed by atoms with van der Waals surface area (Å²) >= 11 is 0. The molecule has 0 aliphatic carbocycles. The third kappa shape index (κ3) is 0.965. The summed E-state index contributed by atoms with van der Waals surface area (Å²) in [6.07, 6.45) is 0. The highest BCUT2D eigenvalue weighted by Gasteiger charge is 2.16. The molecule has 0 saturated carbocycles. The zero-order chi connectivity index (χ0) is 9.30. The second kappa shape index (κ2) is 2.53. The normalized spacial score (nSPS) is 11.8. The van der Waals surface area contributed by atoms with Crippen molar-refractivity contribution in [3.63, 3.8) is 0 Å². The first-order chi connectivity index (χ1) is 5.57. The van der Waals surface area contributed by atoms with Gasteiger partial charge in [0.15, 0.2) is 0 Å². The smallest absolute Gasteiger partial charge is 0.358 e. The van der Waals surface area contributed by atoms with Crippen LogP contribution in [-0.4, -0.2) is 21.3 Å². The molecule has 1 aromatic rings. The molecule has 1 rings (SSSR count).